The first-order chi connectivity index (χ1) is 22.0. The van der Waals surface area contributed by atoms with Crippen molar-refractivity contribution in [1.82, 2.24) is 25.4 Å². The van der Waals surface area contributed by atoms with Crippen LogP contribution in [-0.2, 0) is 9.53 Å². The van der Waals surface area contributed by atoms with E-state index in [9.17, 15) is 9.59 Å². The number of carbonyl (C=O) groups excluding carboxylic acids is 2. The van der Waals surface area contributed by atoms with Gasteiger partial charge >= 0.3 is 6.09 Å². The minimum atomic E-state index is -0.560. The molecule has 0 fully saturated rings. The zero-order valence-corrected chi connectivity index (χ0v) is 28.6. The molecule has 3 aromatic rings. The van der Waals surface area contributed by atoms with Gasteiger partial charge in [0.05, 0.1) is 24.4 Å². The summed E-state index contributed by atoms with van der Waals surface area (Å²) in [6.07, 6.45) is 6.92. The third-order valence-electron chi connectivity index (χ3n) is 7.91. The highest BCUT2D eigenvalue weighted by molar-refractivity contribution is 6.30. The van der Waals surface area contributed by atoms with Crippen LogP contribution in [0.2, 0.25) is 5.02 Å². The van der Waals surface area contributed by atoms with E-state index >= 15 is 0 Å². The monoisotopic (exact) mass is 650 g/mol. The van der Waals surface area contributed by atoms with E-state index in [2.05, 4.69) is 20.8 Å². The third kappa shape index (κ3) is 9.31. The molecule has 2 N–H and O–H groups in total. The lowest BCUT2D eigenvalue weighted by atomic mass is 9.98. The van der Waals surface area contributed by atoms with Crippen molar-refractivity contribution in [2.24, 2.45) is 10.9 Å². The smallest absolute Gasteiger partial charge is 0.407 e. The first-order valence-electron chi connectivity index (χ1n) is 16.2. The number of carbonyl (C=O) groups is 2. The van der Waals surface area contributed by atoms with Crippen LogP contribution in [0, 0.1) is 12.8 Å². The molecule has 2 atom stereocenters. The number of unbranched alkanes of at least 4 members (excludes halogenated alkanes) is 6. The minimum absolute atomic E-state index is 0.0718. The lowest BCUT2D eigenvalue weighted by molar-refractivity contribution is -0.125. The van der Waals surface area contributed by atoms with Gasteiger partial charge in [0.1, 0.15) is 23.2 Å². The van der Waals surface area contributed by atoms with Crippen molar-refractivity contribution in [2.45, 2.75) is 91.2 Å². The Hall–Kier alpha value is -3.92. The number of methoxy groups -OCH3 is 1. The zero-order chi connectivity index (χ0) is 33.3. The molecule has 2 heterocycles. The summed E-state index contributed by atoms with van der Waals surface area (Å²) in [6, 6.07) is 12.8. The molecule has 0 saturated heterocycles. The van der Waals surface area contributed by atoms with E-state index in [0.29, 0.717) is 35.5 Å². The largest absolute Gasteiger partial charge is 0.497 e. The van der Waals surface area contributed by atoms with Crippen molar-refractivity contribution < 1.29 is 19.1 Å². The molecule has 2 aromatic carbocycles. The second-order valence-corrected chi connectivity index (χ2v) is 13.2. The van der Waals surface area contributed by atoms with Crippen LogP contribution in [0.5, 0.6) is 5.75 Å². The van der Waals surface area contributed by atoms with Crippen molar-refractivity contribution in [3.63, 3.8) is 0 Å². The molecular weight excluding hydrogens is 604 g/mol. The van der Waals surface area contributed by atoms with Gasteiger partial charge < -0.3 is 20.1 Å². The number of halogens is 1. The fraction of sp³-hybridized carbons (Fsp3) is 0.514. The molecule has 0 unspecified atom stereocenters. The summed E-state index contributed by atoms with van der Waals surface area (Å²) < 4.78 is 12.8. The van der Waals surface area contributed by atoms with Gasteiger partial charge in [-0.05, 0) is 70.9 Å². The summed E-state index contributed by atoms with van der Waals surface area (Å²) in [6.45, 7) is 10.6. The number of nitrogens with one attached hydrogen (secondary N) is 2. The molecule has 0 bridgehead atoms. The van der Waals surface area contributed by atoms with Gasteiger partial charge in [0.15, 0.2) is 5.82 Å². The maximum Gasteiger partial charge on any atom is 0.407 e. The molecule has 1 aromatic heterocycles. The molecule has 1 aliphatic heterocycles. The van der Waals surface area contributed by atoms with Gasteiger partial charge in [-0.25, -0.2) is 4.79 Å². The Morgan fingerprint density at radius 3 is 2.20 bits per heavy atom. The van der Waals surface area contributed by atoms with E-state index < -0.39 is 17.6 Å². The number of aryl methyl sites for hydroxylation is 1. The molecule has 10 nitrogen and oxygen atoms in total. The van der Waals surface area contributed by atoms with Crippen molar-refractivity contribution in [1.29, 1.82) is 0 Å². The first kappa shape index (κ1) is 34.9. The van der Waals surface area contributed by atoms with E-state index in [1.165, 1.54) is 0 Å². The predicted octanol–water partition coefficient (Wildman–Crippen LogP) is 7.14. The normalized spacial score (nSPS) is 14.8. The Balaban J connectivity index is 1.33. The van der Waals surface area contributed by atoms with E-state index in [-0.39, 0.29) is 12.0 Å². The molecule has 0 spiro atoms. The molecule has 0 radical (unpaired) electrons. The number of aromatic nitrogens is 3. The highest BCUT2D eigenvalue weighted by atomic mass is 35.5. The number of aliphatic imine (C=N–C) groups is 1. The lowest BCUT2D eigenvalue weighted by Gasteiger charge is -2.19. The number of hydrogen-bond acceptors (Lipinski definition) is 7. The van der Waals surface area contributed by atoms with Crippen LogP contribution in [0.3, 0.4) is 0 Å². The second-order valence-electron chi connectivity index (χ2n) is 12.7. The summed E-state index contributed by atoms with van der Waals surface area (Å²) in [5, 5.41) is 15.4. The number of ether oxygens (including phenoxy) is 2. The third-order valence-corrected chi connectivity index (χ3v) is 8.16. The summed E-state index contributed by atoms with van der Waals surface area (Å²) >= 11 is 6.22. The standard InChI is InChI=1S/C35H47ClN6O4/c1-23(33(43)37-20-12-10-8-7-9-11-13-21-38-34(44)46-35(3,4)5)30-32-41-40-24(2)42(32)29-19-18-27(45-6)22-28(29)31(39-30)25-14-16-26(36)17-15-25/h14-19,22-23,30H,7-13,20-21H2,1-6H3,(H,37,43)(H,38,44)/t23-,30+/m1/s1. The topological polar surface area (TPSA) is 120 Å². The van der Waals surface area contributed by atoms with E-state index in [0.717, 1.165) is 67.5 Å². The Morgan fingerprint density at radius 1 is 0.935 bits per heavy atom. The molecule has 1 aliphatic rings. The van der Waals surface area contributed by atoms with Crippen molar-refractivity contribution >= 4 is 29.3 Å². The van der Waals surface area contributed by atoms with Gasteiger partial charge in [0, 0.05) is 29.2 Å². The molecular formula is C35H47ClN6O4. The van der Waals surface area contributed by atoms with Gasteiger partial charge in [-0.15, -0.1) is 10.2 Å². The van der Waals surface area contributed by atoms with Crippen LogP contribution >= 0.6 is 11.6 Å². The number of hydrogen-bond donors (Lipinski definition) is 2. The average Bonchev–Trinajstić information content (AvgIpc) is 3.32. The van der Waals surface area contributed by atoms with Crippen LogP contribution in [0.1, 0.15) is 101 Å². The fourth-order valence-corrected chi connectivity index (χ4v) is 5.61. The maximum absolute atomic E-state index is 13.5. The molecule has 2 amide bonds. The van der Waals surface area contributed by atoms with Crippen molar-refractivity contribution in [3.05, 3.63) is 70.3 Å². The summed E-state index contributed by atoms with van der Waals surface area (Å²) in [4.78, 5) is 30.4. The fourth-order valence-electron chi connectivity index (χ4n) is 5.49. The number of alkyl carbamates (subject to hydrolysis) is 1. The number of fused-ring (bicyclic) bond motifs is 3. The van der Waals surface area contributed by atoms with E-state index in [1.54, 1.807) is 7.11 Å². The Labute approximate surface area is 277 Å². The SMILES string of the molecule is COc1ccc2c(c1)C(c1ccc(Cl)cc1)=N[C@@H]([C@@H](C)C(=O)NCCCCCCCCCNC(=O)OC(C)(C)C)c1nnc(C)n1-2. The van der Waals surface area contributed by atoms with Crippen molar-refractivity contribution in [3.8, 4) is 11.4 Å². The van der Waals surface area contributed by atoms with Crippen LogP contribution in [0.25, 0.3) is 5.69 Å². The Morgan fingerprint density at radius 2 is 1.57 bits per heavy atom. The van der Waals surface area contributed by atoms with Crippen LogP contribution in [0.4, 0.5) is 4.79 Å². The Bertz CT molecular complexity index is 1510. The average molecular weight is 651 g/mol. The summed E-state index contributed by atoms with van der Waals surface area (Å²) in [7, 11) is 1.64. The number of benzene rings is 2. The van der Waals surface area contributed by atoms with Crippen LogP contribution in [-0.4, -0.2) is 58.3 Å². The summed E-state index contributed by atoms with van der Waals surface area (Å²) in [5.41, 5.74) is 2.88. The molecule has 0 saturated carbocycles. The molecule has 46 heavy (non-hydrogen) atoms. The van der Waals surface area contributed by atoms with E-state index in [4.69, 9.17) is 26.1 Å². The maximum atomic E-state index is 13.5. The van der Waals surface area contributed by atoms with Gasteiger partial charge in [0.2, 0.25) is 5.91 Å². The summed E-state index contributed by atoms with van der Waals surface area (Å²) in [5.74, 6) is 1.47. The predicted molar refractivity (Wildman–Crippen MR) is 181 cm³/mol. The molecule has 11 heteroatoms. The van der Waals surface area contributed by atoms with Gasteiger partial charge in [-0.2, -0.15) is 0 Å². The van der Waals surface area contributed by atoms with Crippen LogP contribution < -0.4 is 15.4 Å². The number of nitrogens with zero attached hydrogens (tertiary/aromatic N) is 4. The van der Waals surface area contributed by atoms with E-state index in [1.807, 2.05) is 81.7 Å². The van der Waals surface area contributed by atoms with Crippen molar-refractivity contribution in [2.75, 3.05) is 20.2 Å². The zero-order valence-electron chi connectivity index (χ0n) is 27.9. The number of rotatable bonds is 14. The van der Waals surface area contributed by atoms with Gasteiger partial charge in [-0.3, -0.25) is 14.4 Å². The Kier molecular flexibility index (Phi) is 12.2. The molecule has 4 rings (SSSR count). The lowest BCUT2D eigenvalue weighted by Crippen LogP contribution is -2.33. The second kappa shape index (κ2) is 16.1. The highest BCUT2D eigenvalue weighted by Gasteiger charge is 2.34. The highest BCUT2D eigenvalue weighted by Crippen LogP contribution is 2.36. The minimum Gasteiger partial charge on any atom is -0.497 e. The quantitative estimate of drug-likeness (QED) is 0.179. The first-order valence-corrected chi connectivity index (χ1v) is 16.6. The van der Waals surface area contributed by atoms with Gasteiger partial charge in [0.25, 0.3) is 0 Å². The van der Waals surface area contributed by atoms with Crippen LogP contribution in [0.15, 0.2) is 47.5 Å². The molecule has 248 valence electrons. The van der Waals surface area contributed by atoms with Gasteiger partial charge in [-0.1, -0.05) is 62.8 Å². The molecule has 0 aliphatic carbocycles. The number of amides is 2.